The zero-order valence-electron chi connectivity index (χ0n) is 14.3. The number of phenols is 1. The van der Waals surface area contributed by atoms with Crippen molar-refractivity contribution in [3.63, 3.8) is 0 Å². The largest absolute Gasteiger partial charge is 0.507 e. The lowest BCUT2D eigenvalue weighted by Gasteiger charge is -2.11. The van der Waals surface area contributed by atoms with Gasteiger partial charge >= 0.3 is 0 Å². The van der Waals surface area contributed by atoms with Crippen LogP contribution in [-0.4, -0.2) is 24.3 Å². The van der Waals surface area contributed by atoms with Crippen LogP contribution in [0.5, 0.6) is 5.75 Å². The van der Waals surface area contributed by atoms with E-state index in [0.29, 0.717) is 11.1 Å². The van der Waals surface area contributed by atoms with Gasteiger partial charge in [-0.15, -0.1) is 0 Å². The maximum atomic E-state index is 13.9. The van der Waals surface area contributed by atoms with Crippen LogP contribution < -0.4 is 5.56 Å². The molecule has 0 atom stereocenters. The summed E-state index contributed by atoms with van der Waals surface area (Å²) in [6, 6.07) is 8.66. The molecule has 0 fully saturated rings. The fraction of sp³-hybridized carbons (Fsp3) is 0.211. The summed E-state index contributed by atoms with van der Waals surface area (Å²) in [6.07, 6.45) is 0.236. The smallest absolute Gasteiger partial charge is 0.252 e. The molecule has 1 aromatic heterocycles. The van der Waals surface area contributed by atoms with Gasteiger partial charge in [0.1, 0.15) is 11.6 Å². The van der Waals surface area contributed by atoms with E-state index in [1.54, 1.807) is 26.0 Å². The van der Waals surface area contributed by atoms with Crippen molar-refractivity contribution in [3.05, 3.63) is 69.3 Å². The van der Waals surface area contributed by atoms with Gasteiger partial charge in [0.05, 0.1) is 16.2 Å². The zero-order chi connectivity index (χ0) is 19.1. The molecule has 2 aromatic carbocycles. The zero-order valence-corrected chi connectivity index (χ0v) is 15.2. The molecule has 7 heteroatoms. The summed E-state index contributed by atoms with van der Waals surface area (Å²) < 4.78 is 37.7. The molecule has 2 N–H and O–H groups in total. The second-order valence-corrected chi connectivity index (χ2v) is 8.38. The Morgan fingerprint density at radius 1 is 1.12 bits per heavy atom. The number of hydrogen-bond donors (Lipinski definition) is 2. The van der Waals surface area contributed by atoms with Crippen LogP contribution in [0.1, 0.15) is 23.6 Å². The SMILES string of the molecule is CCS(=O)(=O)c1ccc(Cc2c(C)c3c(O)ccc(F)c3[nH]c2=O)cc1. The quantitative estimate of drug-likeness (QED) is 0.734. The molecule has 3 rings (SSSR count). The molecule has 3 aromatic rings. The van der Waals surface area contributed by atoms with E-state index in [4.69, 9.17) is 0 Å². The van der Waals surface area contributed by atoms with Gasteiger partial charge in [-0.1, -0.05) is 19.1 Å². The Morgan fingerprint density at radius 2 is 1.77 bits per heavy atom. The van der Waals surface area contributed by atoms with Gasteiger partial charge < -0.3 is 10.1 Å². The van der Waals surface area contributed by atoms with Crippen molar-refractivity contribution in [2.45, 2.75) is 25.2 Å². The molecule has 0 aliphatic heterocycles. The minimum atomic E-state index is -3.29. The van der Waals surface area contributed by atoms with E-state index in [-0.39, 0.29) is 33.7 Å². The Labute approximate surface area is 150 Å². The summed E-state index contributed by atoms with van der Waals surface area (Å²) in [6.45, 7) is 3.23. The van der Waals surface area contributed by atoms with Gasteiger partial charge in [-0.25, -0.2) is 12.8 Å². The van der Waals surface area contributed by atoms with Crippen molar-refractivity contribution in [3.8, 4) is 5.75 Å². The summed E-state index contributed by atoms with van der Waals surface area (Å²) >= 11 is 0. The van der Waals surface area contributed by atoms with Crippen LogP contribution in [-0.2, 0) is 16.3 Å². The first kappa shape index (κ1) is 18.1. The molecule has 0 aliphatic carbocycles. The van der Waals surface area contributed by atoms with Crippen LogP contribution in [0.3, 0.4) is 0 Å². The number of aromatic hydroxyl groups is 1. The minimum absolute atomic E-state index is 0.0145. The molecule has 0 bridgehead atoms. The predicted octanol–water partition coefficient (Wildman–Crippen LogP) is 3.07. The molecule has 0 unspecified atom stereocenters. The van der Waals surface area contributed by atoms with Crippen LogP contribution >= 0.6 is 0 Å². The number of fused-ring (bicyclic) bond motifs is 1. The Hall–Kier alpha value is -2.67. The van der Waals surface area contributed by atoms with Gasteiger partial charge in [0, 0.05) is 17.4 Å². The first-order valence-corrected chi connectivity index (χ1v) is 9.74. The predicted molar refractivity (Wildman–Crippen MR) is 97.9 cm³/mol. The summed E-state index contributed by atoms with van der Waals surface area (Å²) in [4.78, 5) is 15.1. The van der Waals surface area contributed by atoms with E-state index < -0.39 is 21.2 Å². The number of sulfone groups is 1. The molecular weight excluding hydrogens is 357 g/mol. The van der Waals surface area contributed by atoms with Crippen LogP contribution in [0, 0.1) is 12.7 Å². The highest BCUT2D eigenvalue weighted by Crippen LogP contribution is 2.29. The molecule has 0 saturated carbocycles. The average molecular weight is 375 g/mol. The maximum absolute atomic E-state index is 13.9. The topological polar surface area (TPSA) is 87.2 Å². The molecular formula is C19H18FNO4S. The third kappa shape index (κ3) is 3.10. The van der Waals surface area contributed by atoms with Crippen molar-refractivity contribution < 1.29 is 17.9 Å². The molecule has 0 aliphatic rings. The Balaban J connectivity index is 2.07. The van der Waals surface area contributed by atoms with Crippen LogP contribution in [0.2, 0.25) is 0 Å². The summed E-state index contributed by atoms with van der Waals surface area (Å²) in [5, 5.41) is 10.3. The van der Waals surface area contributed by atoms with Crippen LogP contribution in [0.15, 0.2) is 46.1 Å². The molecule has 26 heavy (non-hydrogen) atoms. The molecule has 0 radical (unpaired) electrons. The number of benzene rings is 2. The van der Waals surface area contributed by atoms with E-state index in [1.165, 1.54) is 18.2 Å². The Morgan fingerprint density at radius 3 is 2.38 bits per heavy atom. The molecule has 5 nitrogen and oxygen atoms in total. The summed E-state index contributed by atoms with van der Waals surface area (Å²) in [7, 11) is -3.29. The van der Waals surface area contributed by atoms with E-state index in [0.717, 1.165) is 11.6 Å². The third-order valence-electron chi connectivity index (χ3n) is 4.52. The fourth-order valence-corrected chi connectivity index (χ4v) is 3.86. The molecule has 136 valence electrons. The summed E-state index contributed by atoms with van der Waals surface area (Å²) in [5.74, 6) is -0.708. The number of H-pyrrole nitrogens is 1. The normalized spacial score (nSPS) is 11.8. The molecule has 0 spiro atoms. The molecule has 0 saturated heterocycles. The van der Waals surface area contributed by atoms with Gasteiger partial charge in [-0.2, -0.15) is 0 Å². The van der Waals surface area contributed by atoms with Crippen molar-refractivity contribution in [1.82, 2.24) is 4.98 Å². The van der Waals surface area contributed by atoms with E-state index >= 15 is 0 Å². The fourth-order valence-electron chi connectivity index (χ4n) is 2.98. The van der Waals surface area contributed by atoms with Crippen LogP contribution in [0.25, 0.3) is 10.9 Å². The lowest BCUT2D eigenvalue weighted by Crippen LogP contribution is -2.16. The van der Waals surface area contributed by atoms with Crippen molar-refractivity contribution in [2.75, 3.05) is 5.75 Å². The average Bonchev–Trinajstić information content (AvgIpc) is 2.62. The van der Waals surface area contributed by atoms with Crippen molar-refractivity contribution in [1.29, 1.82) is 0 Å². The second-order valence-electron chi connectivity index (χ2n) is 6.10. The van der Waals surface area contributed by atoms with E-state index in [1.807, 2.05) is 0 Å². The maximum Gasteiger partial charge on any atom is 0.252 e. The van der Waals surface area contributed by atoms with Crippen molar-refractivity contribution >= 4 is 20.7 Å². The number of rotatable bonds is 4. The highest BCUT2D eigenvalue weighted by molar-refractivity contribution is 7.91. The third-order valence-corrected chi connectivity index (χ3v) is 6.27. The number of nitrogens with one attached hydrogen (secondary N) is 1. The number of aromatic amines is 1. The lowest BCUT2D eigenvalue weighted by molar-refractivity contribution is 0.479. The highest BCUT2D eigenvalue weighted by atomic mass is 32.2. The number of halogens is 1. The van der Waals surface area contributed by atoms with Crippen molar-refractivity contribution in [2.24, 2.45) is 0 Å². The Bertz CT molecular complexity index is 1150. The summed E-state index contributed by atoms with van der Waals surface area (Å²) in [5.41, 5.74) is 1.16. The number of phenolic OH excluding ortho intramolecular Hbond substituents is 1. The molecule has 1 heterocycles. The van der Waals surface area contributed by atoms with Gasteiger partial charge in [0.2, 0.25) is 0 Å². The molecule has 0 amide bonds. The monoisotopic (exact) mass is 375 g/mol. The van der Waals surface area contributed by atoms with Gasteiger partial charge in [0.15, 0.2) is 9.84 Å². The number of pyridine rings is 1. The first-order chi connectivity index (χ1) is 12.2. The van der Waals surface area contributed by atoms with Gasteiger partial charge in [-0.3, -0.25) is 4.79 Å². The lowest BCUT2D eigenvalue weighted by atomic mass is 9.98. The number of aromatic nitrogens is 1. The minimum Gasteiger partial charge on any atom is -0.507 e. The Kier molecular flexibility index (Phi) is 4.58. The van der Waals surface area contributed by atoms with Crippen LogP contribution in [0.4, 0.5) is 4.39 Å². The number of aryl methyl sites for hydroxylation is 1. The number of hydrogen-bond acceptors (Lipinski definition) is 4. The first-order valence-electron chi connectivity index (χ1n) is 8.09. The highest BCUT2D eigenvalue weighted by Gasteiger charge is 2.16. The van der Waals surface area contributed by atoms with Gasteiger partial charge in [0.25, 0.3) is 5.56 Å². The standard InChI is InChI=1S/C19H18FNO4S/c1-3-26(24,25)13-6-4-12(5-7-13)10-14-11(2)17-16(22)9-8-15(20)18(17)21-19(14)23/h4-9,22H,3,10H2,1-2H3,(H,21,23). The van der Waals surface area contributed by atoms with E-state index in [2.05, 4.69) is 4.98 Å². The second kappa shape index (κ2) is 6.57. The van der Waals surface area contributed by atoms with E-state index in [9.17, 15) is 22.7 Å². The van der Waals surface area contributed by atoms with Gasteiger partial charge in [-0.05, 0) is 42.3 Å².